The Bertz CT molecular complexity index is 1020. The lowest BCUT2D eigenvalue weighted by Crippen LogP contribution is -2.55. The largest absolute Gasteiger partial charge is 0.492 e. The highest BCUT2D eigenvalue weighted by molar-refractivity contribution is 5.82. The molecule has 0 fully saturated rings. The molecule has 1 aromatic heterocycles. The minimum absolute atomic E-state index is 0.292. The van der Waals surface area contributed by atoms with Gasteiger partial charge in [-0.15, -0.1) is 4.73 Å². The Morgan fingerprint density at radius 1 is 0.938 bits per heavy atom. The van der Waals surface area contributed by atoms with Gasteiger partial charge in [-0.3, -0.25) is 10.1 Å². The second-order valence-electron chi connectivity index (χ2n) is 7.32. The summed E-state index contributed by atoms with van der Waals surface area (Å²) in [5.41, 5.74) is 7.96. The van der Waals surface area contributed by atoms with E-state index in [1.54, 1.807) is 7.05 Å². The maximum Gasteiger partial charge on any atom is 0.433 e. The molecule has 5 N–H and O–H groups in total. The van der Waals surface area contributed by atoms with Gasteiger partial charge in [-0.1, -0.05) is 60.7 Å². The Hall–Kier alpha value is -3.98. The van der Waals surface area contributed by atoms with E-state index < -0.39 is 30.1 Å². The van der Waals surface area contributed by atoms with Crippen molar-refractivity contribution in [2.75, 3.05) is 7.05 Å². The lowest BCUT2D eigenvalue weighted by Gasteiger charge is -2.30. The van der Waals surface area contributed by atoms with Crippen molar-refractivity contribution in [3.8, 4) is 11.8 Å². The summed E-state index contributed by atoms with van der Waals surface area (Å²) in [5.74, 6) is -1.26. The van der Waals surface area contributed by atoms with E-state index in [-0.39, 0.29) is 5.91 Å². The molecule has 2 atom stereocenters. The Balaban J connectivity index is 1.73. The van der Waals surface area contributed by atoms with Gasteiger partial charge in [0.15, 0.2) is 0 Å². The maximum absolute atomic E-state index is 13.0. The van der Waals surface area contributed by atoms with Gasteiger partial charge in [-0.05, 0) is 17.5 Å². The lowest BCUT2D eigenvalue weighted by atomic mass is 10.0. The highest BCUT2D eigenvalue weighted by Gasteiger charge is 2.27. The molecule has 0 spiro atoms. The number of aromatic hydroxyl groups is 2. The molecule has 2 aromatic carbocycles. The molecule has 3 aromatic rings. The topological polar surface area (TPSA) is 130 Å². The van der Waals surface area contributed by atoms with Gasteiger partial charge in [0.05, 0.1) is 6.04 Å². The third-order valence-corrected chi connectivity index (χ3v) is 4.96. The molecule has 9 nitrogen and oxygen atoms in total. The summed E-state index contributed by atoms with van der Waals surface area (Å²) in [7, 11) is 1.55. The van der Waals surface area contributed by atoms with E-state index in [2.05, 4.69) is 5.32 Å². The second kappa shape index (κ2) is 10.4. The Morgan fingerprint density at radius 2 is 1.44 bits per heavy atom. The summed E-state index contributed by atoms with van der Waals surface area (Å²) < 4.78 is 0.567. The third kappa shape index (κ3) is 5.79. The van der Waals surface area contributed by atoms with Gasteiger partial charge in [0.2, 0.25) is 17.7 Å². The van der Waals surface area contributed by atoms with Crippen LogP contribution in [0.1, 0.15) is 11.1 Å². The number of nitrogens with two attached hydrogens (primary N) is 1. The summed E-state index contributed by atoms with van der Waals surface area (Å²) in [4.78, 5) is 31.8. The van der Waals surface area contributed by atoms with Crippen LogP contribution in [0.15, 0.2) is 72.8 Å². The molecular weight excluding hydrogens is 412 g/mol. The Morgan fingerprint density at radius 3 is 1.97 bits per heavy atom. The van der Waals surface area contributed by atoms with Crippen molar-refractivity contribution in [3.05, 3.63) is 83.9 Å². The zero-order valence-corrected chi connectivity index (χ0v) is 17.6. The number of hydrogen-bond acceptors (Lipinski definition) is 6. The maximum atomic E-state index is 13.0. The molecule has 0 aliphatic carbocycles. The van der Waals surface area contributed by atoms with Crippen LogP contribution in [0.5, 0.6) is 11.8 Å². The number of nitrogens with zero attached hydrogens (tertiary/aromatic N) is 2. The van der Waals surface area contributed by atoms with Crippen molar-refractivity contribution in [2.24, 2.45) is 5.73 Å². The van der Waals surface area contributed by atoms with Gasteiger partial charge in [0.25, 0.3) is 0 Å². The number of benzene rings is 2. The van der Waals surface area contributed by atoms with Gasteiger partial charge in [-0.25, -0.2) is 4.79 Å². The SMILES string of the molecule is CN(C(=O)[C@@H](N)Cc1ccccc1)[C@@H](Cc1ccccc1)NC(=O)On1c(O)ccc1O. The number of rotatable bonds is 8. The molecule has 0 saturated heterocycles. The fourth-order valence-electron chi connectivity index (χ4n) is 3.23. The fraction of sp³-hybridized carbons (Fsp3) is 0.217. The van der Waals surface area contributed by atoms with E-state index in [1.165, 1.54) is 17.0 Å². The van der Waals surface area contributed by atoms with E-state index in [9.17, 15) is 19.8 Å². The predicted octanol–water partition coefficient (Wildman–Crippen LogP) is 1.63. The zero-order chi connectivity index (χ0) is 23.1. The minimum Gasteiger partial charge on any atom is -0.492 e. The standard InChI is InChI=1S/C23H26N4O5/c1-26(22(30)18(24)14-16-8-4-2-5-9-16)19(15-17-10-6-3-7-11-17)25-23(31)32-27-20(28)12-13-21(27)29/h2-13,18-19,28-29H,14-15,24H2,1H3,(H,25,31)/t18-,19-/m0/s1. The molecule has 168 valence electrons. The number of nitrogens with one attached hydrogen (secondary N) is 1. The third-order valence-electron chi connectivity index (χ3n) is 4.96. The van der Waals surface area contributed by atoms with Crippen LogP contribution in [0.4, 0.5) is 4.79 Å². The van der Waals surface area contributed by atoms with E-state index in [0.717, 1.165) is 11.1 Å². The van der Waals surface area contributed by atoms with E-state index in [0.29, 0.717) is 17.6 Å². The lowest BCUT2D eigenvalue weighted by molar-refractivity contribution is -0.133. The number of carbonyl (C=O) groups is 2. The smallest absolute Gasteiger partial charge is 0.433 e. The van der Waals surface area contributed by atoms with Crippen LogP contribution in [0.3, 0.4) is 0 Å². The average molecular weight is 438 g/mol. The molecule has 32 heavy (non-hydrogen) atoms. The summed E-state index contributed by atoms with van der Waals surface area (Å²) in [6, 6.07) is 20.2. The van der Waals surface area contributed by atoms with Crippen molar-refractivity contribution in [1.82, 2.24) is 14.9 Å². The molecule has 2 amide bonds. The first-order chi connectivity index (χ1) is 15.3. The molecule has 0 aliphatic heterocycles. The van der Waals surface area contributed by atoms with Crippen molar-refractivity contribution in [3.63, 3.8) is 0 Å². The first kappa shape index (κ1) is 22.7. The van der Waals surface area contributed by atoms with Crippen LogP contribution >= 0.6 is 0 Å². The Kier molecular flexibility index (Phi) is 7.35. The molecule has 0 aliphatic rings. The van der Waals surface area contributed by atoms with Crippen LogP contribution in [0.2, 0.25) is 0 Å². The van der Waals surface area contributed by atoms with E-state index in [1.807, 2.05) is 60.7 Å². The summed E-state index contributed by atoms with van der Waals surface area (Å²) in [5, 5.41) is 22.0. The number of carbonyl (C=O) groups excluding carboxylic acids is 2. The van der Waals surface area contributed by atoms with Crippen LogP contribution in [-0.2, 0) is 17.6 Å². The summed E-state index contributed by atoms with van der Waals surface area (Å²) in [6.07, 6.45) is -1.12. The number of likely N-dealkylation sites (N-methyl/N-ethyl adjacent to an activating group) is 1. The van der Waals surface area contributed by atoms with Crippen molar-refractivity contribution < 1.29 is 24.6 Å². The van der Waals surface area contributed by atoms with E-state index >= 15 is 0 Å². The number of amides is 2. The van der Waals surface area contributed by atoms with Crippen molar-refractivity contribution >= 4 is 12.0 Å². The first-order valence-corrected chi connectivity index (χ1v) is 10.0. The zero-order valence-electron chi connectivity index (χ0n) is 17.6. The Labute approximate surface area is 185 Å². The van der Waals surface area contributed by atoms with Gasteiger partial charge in [-0.2, -0.15) is 0 Å². The molecule has 0 saturated carbocycles. The second-order valence-corrected chi connectivity index (χ2v) is 7.32. The molecule has 3 rings (SSSR count). The van der Waals surface area contributed by atoms with Crippen LogP contribution in [0.25, 0.3) is 0 Å². The molecule has 0 radical (unpaired) electrons. The number of aromatic nitrogens is 1. The van der Waals surface area contributed by atoms with Gasteiger partial charge in [0.1, 0.15) is 6.17 Å². The van der Waals surface area contributed by atoms with Crippen molar-refractivity contribution in [1.29, 1.82) is 0 Å². The molecule has 9 heteroatoms. The summed E-state index contributed by atoms with van der Waals surface area (Å²) in [6.45, 7) is 0. The quantitative estimate of drug-likeness (QED) is 0.396. The van der Waals surface area contributed by atoms with Crippen molar-refractivity contribution in [2.45, 2.75) is 25.0 Å². The molecule has 0 bridgehead atoms. The monoisotopic (exact) mass is 438 g/mol. The minimum atomic E-state index is -0.969. The molecule has 1 heterocycles. The molecule has 0 unspecified atom stereocenters. The van der Waals surface area contributed by atoms with Gasteiger partial charge >= 0.3 is 6.09 Å². The van der Waals surface area contributed by atoms with Gasteiger partial charge in [0, 0.05) is 25.6 Å². The summed E-state index contributed by atoms with van der Waals surface area (Å²) >= 11 is 0. The highest BCUT2D eigenvalue weighted by atomic mass is 16.7. The van der Waals surface area contributed by atoms with Crippen LogP contribution in [-0.4, -0.2) is 51.1 Å². The van der Waals surface area contributed by atoms with Crippen LogP contribution < -0.4 is 15.9 Å². The van der Waals surface area contributed by atoms with Gasteiger partial charge < -0.3 is 25.7 Å². The number of hydrogen-bond donors (Lipinski definition) is 4. The first-order valence-electron chi connectivity index (χ1n) is 10.0. The highest BCUT2D eigenvalue weighted by Crippen LogP contribution is 2.18. The average Bonchev–Trinajstić information content (AvgIpc) is 3.11. The predicted molar refractivity (Wildman–Crippen MR) is 118 cm³/mol. The van der Waals surface area contributed by atoms with E-state index in [4.69, 9.17) is 10.6 Å². The normalized spacial score (nSPS) is 12.6. The molecular formula is C23H26N4O5. The fourth-order valence-corrected chi connectivity index (χ4v) is 3.23. The van der Waals surface area contributed by atoms with Crippen LogP contribution in [0, 0.1) is 0 Å².